The molecule has 0 atom stereocenters. The van der Waals surface area contributed by atoms with Gasteiger partial charge in [0, 0.05) is 30.2 Å². The predicted octanol–water partition coefficient (Wildman–Crippen LogP) is 5.19. The van der Waals surface area contributed by atoms with E-state index in [4.69, 9.17) is 0 Å². The maximum absolute atomic E-state index is 15.7. The summed E-state index contributed by atoms with van der Waals surface area (Å²) in [5.41, 5.74) is -2.26. The molecule has 0 spiro atoms. The number of anilines is 1. The van der Waals surface area contributed by atoms with E-state index in [0.29, 0.717) is 30.4 Å². The van der Waals surface area contributed by atoms with Crippen LogP contribution in [-0.2, 0) is 13.0 Å². The highest BCUT2D eigenvalue weighted by Crippen LogP contribution is 2.41. The minimum absolute atomic E-state index is 0.0827. The molecule has 1 aliphatic heterocycles. The predicted molar refractivity (Wildman–Crippen MR) is 118 cm³/mol. The van der Waals surface area contributed by atoms with Crippen molar-refractivity contribution in [3.63, 3.8) is 0 Å². The number of carboxylic acids is 1. The fourth-order valence-corrected chi connectivity index (χ4v) is 5.14. The molecule has 0 saturated heterocycles. The van der Waals surface area contributed by atoms with Crippen LogP contribution in [0.25, 0.3) is 10.9 Å². The number of halogens is 7. The first-order valence-electron chi connectivity index (χ1n) is 10.5. The third kappa shape index (κ3) is 4.83. The summed E-state index contributed by atoms with van der Waals surface area (Å²) in [6, 6.07) is 1.36. The van der Waals surface area contributed by atoms with Gasteiger partial charge >= 0.3 is 13.2 Å². The number of carbonyl (C=O) groups is 2. The van der Waals surface area contributed by atoms with E-state index in [-0.39, 0.29) is 19.1 Å². The van der Waals surface area contributed by atoms with Crippen LogP contribution in [0.4, 0.5) is 36.1 Å². The first-order valence-corrected chi connectivity index (χ1v) is 11.3. The lowest BCUT2D eigenvalue weighted by Gasteiger charge is -2.30. The van der Waals surface area contributed by atoms with Crippen LogP contribution in [0.1, 0.15) is 49.4 Å². The van der Waals surface area contributed by atoms with Crippen molar-refractivity contribution in [2.45, 2.75) is 31.8 Å². The molecular weight excluding hydrogens is 520 g/mol. The molecule has 36 heavy (non-hydrogen) atoms. The van der Waals surface area contributed by atoms with E-state index in [1.807, 2.05) is 0 Å². The molecule has 2 aromatic heterocycles. The topological polar surface area (TPSA) is 79.6 Å². The summed E-state index contributed by atoms with van der Waals surface area (Å²) in [5.74, 6) is -5.76. The Morgan fingerprint density at radius 3 is 2.31 bits per heavy atom. The highest BCUT2D eigenvalue weighted by molar-refractivity contribution is 7.13. The molecule has 3 heterocycles. The number of hydrogen-bond acceptors (Lipinski definition) is 5. The van der Waals surface area contributed by atoms with Crippen molar-refractivity contribution in [3.05, 3.63) is 60.8 Å². The normalized spacial score (nSPS) is 15.4. The van der Waals surface area contributed by atoms with E-state index < -0.39 is 58.3 Å². The second-order valence-corrected chi connectivity index (χ2v) is 9.38. The van der Waals surface area contributed by atoms with Gasteiger partial charge in [0.2, 0.25) is 5.43 Å². The van der Waals surface area contributed by atoms with Gasteiger partial charge in [0.15, 0.2) is 23.7 Å². The molecule has 1 fully saturated rings. The monoisotopic (exact) mass is 535 g/mol. The lowest BCUT2D eigenvalue weighted by atomic mass is 10.0. The van der Waals surface area contributed by atoms with Crippen LogP contribution in [0.15, 0.2) is 17.1 Å². The van der Waals surface area contributed by atoms with Gasteiger partial charge < -0.3 is 31.8 Å². The zero-order valence-corrected chi connectivity index (χ0v) is 18.9. The van der Waals surface area contributed by atoms with Crippen LogP contribution in [0, 0.1) is 17.5 Å². The Labute approximate surface area is 201 Å². The fourth-order valence-electron chi connectivity index (χ4n) is 4.16. The summed E-state index contributed by atoms with van der Waals surface area (Å²) in [4.78, 5) is 37.8. The minimum Gasteiger partial charge on any atom is -0.477 e. The van der Waals surface area contributed by atoms with Gasteiger partial charge in [-0.2, -0.15) is 0 Å². The van der Waals surface area contributed by atoms with E-state index in [0.717, 1.165) is 16.6 Å². The highest BCUT2D eigenvalue weighted by Gasteiger charge is 2.34. The van der Waals surface area contributed by atoms with Gasteiger partial charge in [-0.25, -0.2) is 18.0 Å². The SMILES string of the molecule is F[B-](F)(F)F.O=Cc1cc2c(s1)CCN(c1c(F)c(F)c3c(=O)c(C(=O)O)cn(C4CC4)c3c1F)C2. The molecule has 0 amide bonds. The third-order valence-electron chi connectivity index (χ3n) is 5.76. The van der Waals surface area contributed by atoms with Gasteiger partial charge in [0.1, 0.15) is 11.3 Å². The molecule has 0 bridgehead atoms. The zero-order valence-electron chi connectivity index (χ0n) is 18.0. The first kappa shape index (κ1) is 25.7. The number of aromatic carboxylic acids is 1. The minimum atomic E-state index is -6.00. The molecule has 15 heteroatoms. The van der Waals surface area contributed by atoms with Crippen LogP contribution in [0.5, 0.6) is 0 Å². The Bertz CT molecular complexity index is 1440. The summed E-state index contributed by atoms with van der Waals surface area (Å²) in [6.07, 6.45) is 3.37. The smallest absolute Gasteiger partial charge is 0.477 e. The van der Waals surface area contributed by atoms with Crippen molar-refractivity contribution < 1.29 is 45.1 Å². The van der Waals surface area contributed by atoms with Crippen molar-refractivity contribution in [1.82, 2.24) is 4.57 Å². The van der Waals surface area contributed by atoms with Gasteiger partial charge in [-0.05, 0) is 30.9 Å². The van der Waals surface area contributed by atoms with Crippen LogP contribution < -0.4 is 10.3 Å². The second kappa shape index (κ2) is 9.26. The summed E-state index contributed by atoms with van der Waals surface area (Å²) >= 11 is 1.31. The maximum Gasteiger partial charge on any atom is 0.673 e. The molecule has 1 N–H and O–H groups in total. The van der Waals surface area contributed by atoms with Crippen molar-refractivity contribution in [2.75, 3.05) is 11.4 Å². The second-order valence-electron chi connectivity index (χ2n) is 8.21. The average molecular weight is 535 g/mol. The standard InChI is InChI=1S/C21H15F3N2O4S.BF4/c22-15-14-18(26(10-1-2-10)7-12(20(14)28)21(29)30)17(24)19(16(15)23)25-4-3-13-9(6-25)5-11(8-27)31-13;2-1(3,4)5/h5,7-8,10H,1-4,6H2,(H,29,30);/q;-1. The lowest BCUT2D eigenvalue weighted by molar-refractivity contribution is 0.0694. The van der Waals surface area contributed by atoms with Crippen molar-refractivity contribution in [1.29, 1.82) is 0 Å². The van der Waals surface area contributed by atoms with Gasteiger partial charge in [-0.15, -0.1) is 11.3 Å². The molecule has 6 nitrogen and oxygen atoms in total. The van der Waals surface area contributed by atoms with Crippen molar-refractivity contribution >= 4 is 47.4 Å². The molecule has 1 aromatic carbocycles. The molecule has 5 rings (SSSR count). The Balaban J connectivity index is 0.000000556. The molecule has 0 radical (unpaired) electrons. The van der Waals surface area contributed by atoms with Gasteiger partial charge in [-0.3, -0.25) is 9.59 Å². The van der Waals surface area contributed by atoms with Gasteiger partial charge in [-0.1, -0.05) is 0 Å². The summed E-state index contributed by atoms with van der Waals surface area (Å²) in [5, 5.41) is 8.41. The number of pyridine rings is 1. The number of benzene rings is 1. The molecule has 192 valence electrons. The van der Waals surface area contributed by atoms with Crippen LogP contribution in [0.2, 0.25) is 0 Å². The Kier molecular flexibility index (Phi) is 6.62. The molecule has 1 aliphatic carbocycles. The Hall–Kier alpha value is -3.36. The molecule has 1 saturated carbocycles. The Morgan fingerprint density at radius 1 is 1.11 bits per heavy atom. The molecule has 0 unspecified atom stereocenters. The summed E-state index contributed by atoms with van der Waals surface area (Å²) < 4.78 is 86.1. The first-order chi connectivity index (χ1) is 16.8. The van der Waals surface area contributed by atoms with E-state index in [9.17, 15) is 36.8 Å². The van der Waals surface area contributed by atoms with Crippen molar-refractivity contribution in [3.8, 4) is 0 Å². The van der Waals surface area contributed by atoms with Gasteiger partial charge in [0.05, 0.1) is 15.8 Å². The number of nitrogens with zero attached hydrogens (tertiary/aromatic N) is 2. The molecule has 2 aliphatic rings. The van der Waals surface area contributed by atoms with Crippen LogP contribution in [-0.4, -0.2) is 35.7 Å². The Morgan fingerprint density at radius 2 is 1.75 bits per heavy atom. The number of carbonyl (C=O) groups excluding carboxylic acids is 1. The fraction of sp³-hybridized carbons (Fsp3) is 0.286. The van der Waals surface area contributed by atoms with Gasteiger partial charge in [0.25, 0.3) is 0 Å². The van der Waals surface area contributed by atoms with Crippen LogP contribution >= 0.6 is 11.3 Å². The quantitative estimate of drug-likeness (QED) is 0.216. The number of carboxylic acid groups (broad SMARTS) is 1. The van der Waals surface area contributed by atoms with E-state index in [2.05, 4.69) is 0 Å². The lowest BCUT2D eigenvalue weighted by Crippen LogP contribution is -2.32. The summed E-state index contributed by atoms with van der Waals surface area (Å²) in [6.45, 7) is 0.283. The van der Waals surface area contributed by atoms with Crippen LogP contribution in [0.3, 0.4) is 0 Å². The number of aromatic nitrogens is 1. The van der Waals surface area contributed by atoms with Crippen molar-refractivity contribution in [2.24, 2.45) is 0 Å². The third-order valence-corrected chi connectivity index (χ3v) is 6.92. The average Bonchev–Trinajstić information content (AvgIpc) is 3.54. The number of rotatable bonds is 4. The van der Waals surface area contributed by atoms with E-state index in [1.54, 1.807) is 6.07 Å². The number of hydrogen-bond donors (Lipinski definition) is 1. The maximum atomic E-state index is 15.7. The number of aldehydes is 1. The van der Waals surface area contributed by atoms with E-state index >= 15 is 13.2 Å². The number of fused-ring (bicyclic) bond motifs is 2. The summed E-state index contributed by atoms with van der Waals surface area (Å²) in [7, 11) is -6.00. The number of thiophene rings is 1. The largest absolute Gasteiger partial charge is 0.673 e. The highest BCUT2D eigenvalue weighted by atomic mass is 32.1. The molecular formula is C21H15BF7N2O4S-. The van der Waals surface area contributed by atoms with E-state index in [1.165, 1.54) is 20.8 Å². The molecule has 3 aromatic rings. The zero-order chi connectivity index (χ0) is 26.5.